The zero-order valence-corrected chi connectivity index (χ0v) is 20.5. The Morgan fingerprint density at radius 2 is 1.71 bits per heavy atom. The van der Waals surface area contributed by atoms with E-state index in [4.69, 9.17) is 15.0 Å². The van der Waals surface area contributed by atoms with E-state index < -0.39 is 16.0 Å². The van der Waals surface area contributed by atoms with E-state index in [1.807, 2.05) is 20.8 Å². The van der Waals surface area contributed by atoms with Crippen LogP contribution in [0.4, 0.5) is 5.69 Å². The number of aliphatic hydroxyl groups excluding tert-OH is 1. The fourth-order valence-corrected chi connectivity index (χ4v) is 3.56. The molecule has 0 unspecified atom stereocenters. The first kappa shape index (κ1) is 28.9. The van der Waals surface area contributed by atoms with Gasteiger partial charge in [0, 0.05) is 19.6 Å². The van der Waals surface area contributed by atoms with E-state index in [0.717, 1.165) is 18.9 Å². The minimum atomic E-state index is -4.19. The highest BCUT2D eigenvalue weighted by Gasteiger charge is 2.23. The van der Waals surface area contributed by atoms with Gasteiger partial charge in [-0.05, 0) is 44.5 Å². The Balaban J connectivity index is 0.000000546. The lowest BCUT2D eigenvalue weighted by Crippen LogP contribution is -2.32. The molecule has 34 heavy (non-hydrogen) atoms. The van der Waals surface area contributed by atoms with Crippen molar-refractivity contribution in [3.05, 3.63) is 48.0 Å². The molecule has 10 nitrogen and oxygen atoms in total. The van der Waals surface area contributed by atoms with Gasteiger partial charge in [0.1, 0.15) is 17.3 Å². The van der Waals surface area contributed by atoms with Crippen LogP contribution in [-0.2, 0) is 14.8 Å². The van der Waals surface area contributed by atoms with Crippen molar-refractivity contribution < 1.29 is 33.0 Å². The summed E-state index contributed by atoms with van der Waals surface area (Å²) in [7, 11) is -4.19. The molecular formula is C23H33N3O7S. The van der Waals surface area contributed by atoms with Crippen molar-refractivity contribution in [2.75, 3.05) is 31.6 Å². The second-order valence-corrected chi connectivity index (χ2v) is 8.65. The molecule has 2 aromatic carbocycles. The van der Waals surface area contributed by atoms with Crippen molar-refractivity contribution in [3.63, 3.8) is 0 Å². The Morgan fingerprint density at radius 3 is 2.15 bits per heavy atom. The first-order valence-electron chi connectivity index (χ1n) is 10.9. The van der Waals surface area contributed by atoms with Gasteiger partial charge < -0.3 is 25.2 Å². The van der Waals surface area contributed by atoms with E-state index in [1.165, 1.54) is 6.07 Å². The van der Waals surface area contributed by atoms with Gasteiger partial charge in [0.2, 0.25) is 15.9 Å². The number of unbranched alkanes of at least 4 members (excludes halogenated alkanes) is 1. The zero-order chi connectivity index (χ0) is 25.7. The summed E-state index contributed by atoms with van der Waals surface area (Å²) in [5.41, 5.74) is 0.0738. The molecule has 0 spiro atoms. The van der Waals surface area contributed by atoms with Crippen molar-refractivity contribution in [2.45, 2.75) is 38.5 Å². The number of anilines is 1. The number of hydrogen-bond acceptors (Lipinski definition) is 7. The summed E-state index contributed by atoms with van der Waals surface area (Å²) in [5.74, 6) is -1.06. The Bertz CT molecular complexity index is 1040. The molecule has 0 radical (unpaired) electrons. The van der Waals surface area contributed by atoms with Gasteiger partial charge in [-0.25, -0.2) is 18.4 Å². The van der Waals surface area contributed by atoms with E-state index in [2.05, 4.69) is 5.32 Å². The number of nitrogens with zero attached hydrogens (tertiary/aromatic N) is 1. The second kappa shape index (κ2) is 14.2. The SMILES string of the molecule is CCCCNc1cc(C(=O)O)cc(S(N)(=O)=O)c1Oc1ccccc1.CCN(CC)C(=O)CO. The summed E-state index contributed by atoms with van der Waals surface area (Å²) in [6.45, 7) is 7.29. The van der Waals surface area contributed by atoms with E-state index in [1.54, 1.807) is 35.2 Å². The van der Waals surface area contributed by atoms with Crippen molar-refractivity contribution in [3.8, 4) is 11.5 Å². The van der Waals surface area contributed by atoms with Crippen LogP contribution in [0.1, 0.15) is 44.0 Å². The van der Waals surface area contributed by atoms with E-state index in [-0.39, 0.29) is 34.4 Å². The fraction of sp³-hybridized carbons (Fsp3) is 0.391. The zero-order valence-electron chi connectivity index (χ0n) is 19.7. The quantitative estimate of drug-likeness (QED) is 0.346. The lowest BCUT2D eigenvalue weighted by atomic mass is 10.1. The van der Waals surface area contributed by atoms with Gasteiger partial charge in [-0.3, -0.25) is 4.79 Å². The van der Waals surface area contributed by atoms with Gasteiger partial charge in [0.25, 0.3) is 0 Å². The number of carboxylic acid groups (broad SMARTS) is 1. The summed E-state index contributed by atoms with van der Waals surface area (Å²) in [5, 5.41) is 25.9. The molecule has 0 saturated carbocycles. The van der Waals surface area contributed by atoms with Crippen molar-refractivity contribution >= 4 is 27.6 Å². The standard InChI is InChI=1S/C17H20N2O5S.C6H13NO2/c1-2-3-9-19-14-10-12(17(20)21)11-15(25(18,22)23)16(14)24-13-7-5-4-6-8-13;1-3-7(4-2)6(9)5-8/h4-8,10-11,19H,2-3,9H2,1H3,(H,20,21)(H2,18,22,23);8H,3-5H2,1-2H3. The number of primary sulfonamides is 1. The average Bonchev–Trinajstić information content (AvgIpc) is 2.80. The summed E-state index contributed by atoms with van der Waals surface area (Å²) >= 11 is 0. The predicted octanol–water partition coefficient (Wildman–Crippen LogP) is 2.88. The lowest BCUT2D eigenvalue weighted by molar-refractivity contribution is -0.133. The minimum absolute atomic E-state index is 0.0187. The number of rotatable bonds is 11. The molecule has 0 aromatic heterocycles. The Hall–Kier alpha value is -3.15. The number of nitrogens with two attached hydrogens (primary N) is 1. The maximum absolute atomic E-state index is 12.0. The molecule has 0 aliphatic rings. The number of likely N-dealkylation sites (N-methyl/N-ethyl adjacent to an activating group) is 1. The molecule has 0 heterocycles. The number of aromatic carboxylic acids is 1. The molecule has 0 atom stereocenters. The van der Waals surface area contributed by atoms with Gasteiger partial charge >= 0.3 is 5.97 Å². The Morgan fingerprint density at radius 1 is 1.09 bits per heavy atom. The molecule has 0 bridgehead atoms. The fourth-order valence-electron chi connectivity index (χ4n) is 2.86. The first-order valence-corrected chi connectivity index (χ1v) is 12.4. The number of nitrogens with one attached hydrogen (secondary N) is 1. The third-order valence-electron chi connectivity index (χ3n) is 4.67. The lowest BCUT2D eigenvalue weighted by Gasteiger charge is -2.17. The molecule has 0 saturated heterocycles. The largest absolute Gasteiger partial charge is 0.478 e. The number of para-hydroxylation sites is 1. The summed E-state index contributed by atoms with van der Waals surface area (Å²) < 4.78 is 29.7. The van der Waals surface area contributed by atoms with Crippen LogP contribution in [0.5, 0.6) is 11.5 Å². The van der Waals surface area contributed by atoms with Crippen LogP contribution in [0.2, 0.25) is 0 Å². The van der Waals surface area contributed by atoms with Crippen LogP contribution in [0, 0.1) is 0 Å². The maximum atomic E-state index is 12.0. The average molecular weight is 496 g/mol. The van der Waals surface area contributed by atoms with E-state index in [0.29, 0.717) is 25.4 Å². The summed E-state index contributed by atoms with van der Waals surface area (Å²) in [6.07, 6.45) is 1.75. The van der Waals surface area contributed by atoms with Crippen molar-refractivity contribution in [1.82, 2.24) is 4.90 Å². The molecular weight excluding hydrogens is 462 g/mol. The van der Waals surface area contributed by atoms with Gasteiger partial charge in [-0.2, -0.15) is 0 Å². The topological polar surface area (TPSA) is 159 Å². The second-order valence-electron chi connectivity index (χ2n) is 7.12. The Labute approximate surface area is 200 Å². The number of sulfonamides is 1. The number of carboxylic acids is 1. The number of benzene rings is 2. The first-order chi connectivity index (χ1) is 16.1. The summed E-state index contributed by atoms with van der Waals surface area (Å²) in [6, 6.07) is 10.9. The molecule has 188 valence electrons. The molecule has 11 heteroatoms. The number of aliphatic hydroxyl groups is 1. The predicted molar refractivity (Wildman–Crippen MR) is 130 cm³/mol. The monoisotopic (exact) mass is 495 g/mol. The Kier molecular flexibility index (Phi) is 12.1. The van der Waals surface area contributed by atoms with Crippen molar-refractivity contribution in [1.29, 1.82) is 0 Å². The number of carbonyl (C=O) groups excluding carboxylic acids is 1. The van der Waals surface area contributed by atoms with Crippen LogP contribution in [0.3, 0.4) is 0 Å². The smallest absolute Gasteiger partial charge is 0.335 e. The van der Waals surface area contributed by atoms with Gasteiger partial charge in [-0.15, -0.1) is 0 Å². The minimum Gasteiger partial charge on any atom is -0.478 e. The van der Waals surface area contributed by atoms with Crippen LogP contribution in [-0.4, -0.2) is 61.6 Å². The van der Waals surface area contributed by atoms with Crippen molar-refractivity contribution in [2.24, 2.45) is 5.14 Å². The molecule has 0 aliphatic heterocycles. The number of ether oxygens (including phenoxy) is 1. The molecule has 1 amide bonds. The summed E-state index contributed by atoms with van der Waals surface area (Å²) in [4.78, 5) is 23.2. The van der Waals surface area contributed by atoms with Crippen LogP contribution >= 0.6 is 0 Å². The molecule has 5 N–H and O–H groups in total. The third-order valence-corrected chi connectivity index (χ3v) is 5.58. The van der Waals surface area contributed by atoms with E-state index >= 15 is 0 Å². The van der Waals surface area contributed by atoms with Crippen LogP contribution < -0.4 is 15.2 Å². The number of hydrogen-bond donors (Lipinski definition) is 4. The molecule has 2 rings (SSSR count). The molecule has 0 fully saturated rings. The third kappa shape index (κ3) is 9.00. The van der Waals surface area contributed by atoms with Crippen LogP contribution in [0.25, 0.3) is 0 Å². The number of amides is 1. The van der Waals surface area contributed by atoms with Crippen LogP contribution in [0.15, 0.2) is 47.4 Å². The molecule has 2 aromatic rings. The highest BCUT2D eigenvalue weighted by atomic mass is 32.2. The van der Waals surface area contributed by atoms with Gasteiger partial charge in [0.05, 0.1) is 11.3 Å². The highest BCUT2D eigenvalue weighted by molar-refractivity contribution is 7.89. The van der Waals surface area contributed by atoms with E-state index in [9.17, 15) is 23.1 Å². The number of carbonyl (C=O) groups is 2. The van der Waals surface area contributed by atoms with Gasteiger partial charge in [-0.1, -0.05) is 31.5 Å². The maximum Gasteiger partial charge on any atom is 0.335 e. The molecule has 0 aliphatic carbocycles. The van der Waals surface area contributed by atoms with Gasteiger partial charge in [0.15, 0.2) is 5.75 Å². The highest BCUT2D eigenvalue weighted by Crippen LogP contribution is 2.37. The normalized spacial score (nSPS) is 10.6.